The number of amides is 1. The zero-order valence-corrected chi connectivity index (χ0v) is 18.5. The normalized spacial score (nSPS) is 10.8. The number of fused-ring (bicyclic) bond motifs is 1. The van der Waals surface area contributed by atoms with Gasteiger partial charge in [0, 0.05) is 41.8 Å². The van der Waals surface area contributed by atoms with Gasteiger partial charge in [0.25, 0.3) is 5.91 Å². The van der Waals surface area contributed by atoms with Crippen LogP contribution >= 0.6 is 23.2 Å². The molecule has 1 N–H and O–H groups in total. The van der Waals surface area contributed by atoms with E-state index in [1.807, 2.05) is 34.9 Å². The van der Waals surface area contributed by atoms with Crippen molar-refractivity contribution in [1.29, 1.82) is 0 Å². The lowest BCUT2D eigenvalue weighted by molar-refractivity contribution is -0.139. The van der Waals surface area contributed by atoms with Crippen LogP contribution in [0.15, 0.2) is 61.1 Å². The number of carbonyl (C=O) groups is 2. The lowest BCUT2D eigenvalue weighted by Crippen LogP contribution is -2.12. The van der Waals surface area contributed by atoms with E-state index < -0.39 is 0 Å². The van der Waals surface area contributed by atoms with Crippen molar-refractivity contribution in [2.24, 2.45) is 0 Å². The van der Waals surface area contributed by atoms with E-state index in [0.717, 1.165) is 11.4 Å². The van der Waals surface area contributed by atoms with Crippen molar-refractivity contribution in [3.63, 3.8) is 0 Å². The number of rotatable bonds is 6. The molecule has 0 unspecified atom stereocenters. The number of nitrogens with one attached hydrogen (secondary N) is 1. The second-order valence-corrected chi connectivity index (χ2v) is 7.84. The predicted molar refractivity (Wildman–Crippen MR) is 122 cm³/mol. The van der Waals surface area contributed by atoms with Crippen molar-refractivity contribution >= 4 is 46.4 Å². The van der Waals surface area contributed by atoms with Gasteiger partial charge in [0.15, 0.2) is 0 Å². The van der Waals surface area contributed by atoms with Gasteiger partial charge in [-0.1, -0.05) is 35.3 Å². The Bertz CT molecular complexity index is 1300. The van der Waals surface area contributed by atoms with Gasteiger partial charge in [0.1, 0.15) is 11.5 Å². The van der Waals surface area contributed by atoms with Crippen molar-refractivity contribution < 1.29 is 14.3 Å². The Morgan fingerprint density at radius 1 is 1.06 bits per heavy atom. The van der Waals surface area contributed by atoms with Crippen LogP contribution in [0.5, 0.6) is 0 Å². The third kappa shape index (κ3) is 4.74. The van der Waals surface area contributed by atoms with Gasteiger partial charge in [-0.15, -0.1) is 0 Å². The summed E-state index contributed by atoms with van der Waals surface area (Å²) in [5.41, 5.74) is 3.44. The lowest BCUT2D eigenvalue weighted by atomic mass is 10.1. The molecule has 0 atom stereocenters. The molecule has 9 heteroatoms. The molecule has 0 bridgehead atoms. The van der Waals surface area contributed by atoms with Crippen molar-refractivity contribution in [3.8, 4) is 0 Å². The zero-order valence-electron chi connectivity index (χ0n) is 17.0. The van der Waals surface area contributed by atoms with E-state index in [4.69, 9.17) is 27.9 Å². The molecule has 0 aliphatic rings. The first-order valence-electron chi connectivity index (χ1n) is 9.66. The second kappa shape index (κ2) is 9.38. The first-order chi connectivity index (χ1) is 15.4. The van der Waals surface area contributed by atoms with E-state index in [1.165, 1.54) is 13.2 Å². The van der Waals surface area contributed by atoms with Crippen LogP contribution in [0.2, 0.25) is 10.0 Å². The van der Waals surface area contributed by atoms with Crippen LogP contribution in [0.25, 0.3) is 5.65 Å². The number of carbonyl (C=O) groups excluding carboxylic acids is 2. The quantitative estimate of drug-likeness (QED) is 0.418. The molecule has 0 spiro atoms. The number of hydrogen-bond donors (Lipinski definition) is 1. The van der Waals surface area contributed by atoms with E-state index in [0.29, 0.717) is 38.9 Å². The highest BCUT2D eigenvalue weighted by atomic mass is 35.5. The van der Waals surface area contributed by atoms with Crippen LogP contribution in [0.3, 0.4) is 0 Å². The summed E-state index contributed by atoms with van der Waals surface area (Å²) < 4.78 is 6.60. The number of ether oxygens (including phenoxy) is 1. The third-order valence-corrected chi connectivity index (χ3v) is 5.63. The van der Waals surface area contributed by atoms with E-state index in [1.54, 1.807) is 24.5 Å². The minimum absolute atomic E-state index is 0.109. The number of esters is 1. The molecule has 2 aromatic carbocycles. The van der Waals surface area contributed by atoms with Crippen LogP contribution in [0, 0.1) is 0 Å². The highest BCUT2D eigenvalue weighted by Crippen LogP contribution is 2.23. The molecule has 4 aromatic rings. The summed E-state index contributed by atoms with van der Waals surface area (Å²) in [6.07, 6.45) is 5.79. The molecule has 2 aromatic heterocycles. The minimum atomic E-state index is -0.344. The largest absolute Gasteiger partial charge is 0.469 e. The molecule has 0 aliphatic heterocycles. The zero-order chi connectivity index (χ0) is 22.7. The van der Waals surface area contributed by atoms with Gasteiger partial charge < -0.3 is 10.1 Å². The van der Waals surface area contributed by atoms with E-state index in [-0.39, 0.29) is 18.3 Å². The van der Waals surface area contributed by atoms with Crippen molar-refractivity contribution in [3.05, 3.63) is 93.6 Å². The molecule has 0 radical (unpaired) electrons. The fraction of sp³-hybridized carbons (Fsp3) is 0.130. The molecule has 4 rings (SSSR count). The standard InChI is InChI=1S/C23H18Cl2N4O3/c1-32-21(30)12-16-13-27-20(29-9-8-26-22(16)29)10-14-2-5-17(6-3-14)28-23(31)15-4-7-18(24)19(25)11-15/h2-9,11,13H,10,12H2,1H3,(H,28,31). The maximum absolute atomic E-state index is 12.4. The summed E-state index contributed by atoms with van der Waals surface area (Å²) in [6, 6.07) is 12.2. The summed E-state index contributed by atoms with van der Waals surface area (Å²) in [5.74, 6) is 0.154. The van der Waals surface area contributed by atoms with Crippen molar-refractivity contribution in [1.82, 2.24) is 14.4 Å². The summed E-state index contributed by atoms with van der Waals surface area (Å²) >= 11 is 11.9. The molecule has 162 valence electrons. The number of anilines is 1. The summed E-state index contributed by atoms with van der Waals surface area (Å²) in [6.45, 7) is 0. The SMILES string of the molecule is COC(=O)Cc1cnc(Cc2ccc(NC(=O)c3ccc(Cl)c(Cl)c3)cc2)n2ccnc12. The maximum Gasteiger partial charge on any atom is 0.310 e. The molecular formula is C23H18Cl2N4O3. The minimum Gasteiger partial charge on any atom is -0.469 e. The first-order valence-corrected chi connectivity index (χ1v) is 10.4. The highest BCUT2D eigenvalue weighted by molar-refractivity contribution is 6.42. The van der Waals surface area contributed by atoms with Crippen LogP contribution in [-0.4, -0.2) is 33.4 Å². The van der Waals surface area contributed by atoms with Crippen molar-refractivity contribution in [2.75, 3.05) is 12.4 Å². The highest BCUT2D eigenvalue weighted by Gasteiger charge is 2.13. The van der Waals surface area contributed by atoms with Crippen LogP contribution in [-0.2, 0) is 22.4 Å². The lowest BCUT2D eigenvalue weighted by Gasteiger charge is -2.10. The van der Waals surface area contributed by atoms with Gasteiger partial charge in [-0.25, -0.2) is 9.97 Å². The fourth-order valence-electron chi connectivity index (χ4n) is 3.23. The molecule has 1 amide bonds. The number of aromatic nitrogens is 3. The summed E-state index contributed by atoms with van der Waals surface area (Å²) in [5, 5.41) is 3.56. The Balaban J connectivity index is 1.48. The Morgan fingerprint density at radius 2 is 1.84 bits per heavy atom. The number of methoxy groups -OCH3 is 1. The number of benzene rings is 2. The van der Waals surface area contributed by atoms with Gasteiger partial charge in [0.05, 0.1) is 23.6 Å². The monoisotopic (exact) mass is 468 g/mol. The molecule has 0 aliphatic carbocycles. The third-order valence-electron chi connectivity index (χ3n) is 4.89. The topological polar surface area (TPSA) is 85.6 Å². The molecule has 0 saturated carbocycles. The van der Waals surface area contributed by atoms with Gasteiger partial charge in [-0.05, 0) is 35.9 Å². The van der Waals surface area contributed by atoms with Crippen LogP contribution < -0.4 is 5.32 Å². The Morgan fingerprint density at radius 3 is 2.56 bits per heavy atom. The van der Waals surface area contributed by atoms with E-state index in [9.17, 15) is 9.59 Å². The second-order valence-electron chi connectivity index (χ2n) is 7.03. The van der Waals surface area contributed by atoms with Gasteiger partial charge >= 0.3 is 5.97 Å². The Hall–Kier alpha value is -3.42. The smallest absolute Gasteiger partial charge is 0.310 e. The van der Waals surface area contributed by atoms with Gasteiger partial charge in [-0.2, -0.15) is 0 Å². The molecule has 0 fully saturated rings. The maximum atomic E-state index is 12.4. The number of hydrogen-bond acceptors (Lipinski definition) is 5. The summed E-state index contributed by atoms with van der Waals surface area (Å²) in [7, 11) is 1.35. The van der Waals surface area contributed by atoms with Gasteiger partial charge in [0.2, 0.25) is 0 Å². The van der Waals surface area contributed by atoms with Crippen LogP contribution in [0.1, 0.15) is 27.3 Å². The Kier molecular flexibility index (Phi) is 6.39. The first kappa shape index (κ1) is 21.8. The molecule has 0 saturated heterocycles. The van der Waals surface area contributed by atoms with Crippen LogP contribution in [0.4, 0.5) is 5.69 Å². The number of imidazole rings is 1. The van der Waals surface area contributed by atoms with E-state index >= 15 is 0 Å². The van der Waals surface area contributed by atoms with Gasteiger partial charge in [-0.3, -0.25) is 14.0 Å². The molecular weight excluding hydrogens is 451 g/mol. The molecule has 2 heterocycles. The molecule has 7 nitrogen and oxygen atoms in total. The molecule has 32 heavy (non-hydrogen) atoms. The average Bonchev–Trinajstić information content (AvgIpc) is 3.29. The Labute approximate surface area is 194 Å². The number of nitrogens with zero attached hydrogens (tertiary/aromatic N) is 3. The average molecular weight is 469 g/mol. The van der Waals surface area contributed by atoms with Crippen molar-refractivity contribution in [2.45, 2.75) is 12.8 Å². The van der Waals surface area contributed by atoms with E-state index in [2.05, 4.69) is 15.3 Å². The number of halogens is 2. The fourth-order valence-corrected chi connectivity index (χ4v) is 3.53. The summed E-state index contributed by atoms with van der Waals surface area (Å²) in [4.78, 5) is 32.9. The predicted octanol–water partition coefficient (Wildman–Crippen LogP) is 4.59.